The third-order valence-corrected chi connectivity index (χ3v) is 5.50. The standard InChI is InChI=1S/C22H22O8/c1-26-15-8-11-6-13-12(9-30-22(13)25)5-10-7-14(23)18(24)20(28-3)16(10)17(11)21(29-4)19(15)27-2/h6-8,12,23-24H,5,9H2,1-4H3/b13-6+. The zero-order valence-electron chi connectivity index (χ0n) is 17.1. The molecule has 1 unspecified atom stereocenters. The molecule has 0 amide bonds. The van der Waals surface area contributed by atoms with Gasteiger partial charge in [0.1, 0.15) is 0 Å². The minimum Gasteiger partial charge on any atom is -0.504 e. The maximum absolute atomic E-state index is 12.4. The van der Waals surface area contributed by atoms with Crippen molar-refractivity contribution in [3.8, 4) is 45.6 Å². The Hall–Kier alpha value is -3.55. The van der Waals surface area contributed by atoms with Crippen LogP contribution in [0.25, 0.3) is 17.2 Å². The van der Waals surface area contributed by atoms with Gasteiger partial charge in [0.15, 0.2) is 23.0 Å². The van der Waals surface area contributed by atoms with Crippen molar-refractivity contribution >= 4 is 12.0 Å². The van der Waals surface area contributed by atoms with Crippen molar-refractivity contribution in [1.29, 1.82) is 0 Å². The molecule has 1 heterocycles. The van der Waals surface area contributed by atoms with Crippen LogP contribution < -0.4 is 18.9 Å². The smallest absolute Gasteiger partial charge is 0.334 e. The molecule has 4 rings (SSSR count). The van der Waals surface area contributed by atoms with E-state index in [-0.39, 0.29) is 29.8 Å². The lowest BCUT2D eigenvalue weighted by Gasteiger charge is -2.25. The summed E-state index contributed by atoms with van der Waals surface area (Å²) >= 11 is 0. The van der Waals surface area contributed by atoms with E-state index >= 15 is 0 Å². The second-order valence-electron chi connectivity index (χ2n) is 7.02. The molecule has 0 saturated carbocycles. The van der Waals surface area contributed by atoms with E-state index in [0.717, 1.165) is 0 Å². The number of fused-ring (bicyclic) bond motifs is 4. The first kappa shape index (κ1) is 19.8. The minimum atomic E-state index is -0.391. The number of ether oxygens (including phenoxy) is 5. The monoisotopic (exact) mass is 414 g/mol. The van der Waals surface area contributed by atoms with Crippen LogP contribution in [0.3, 0.4) is 0 Å². The fourth-order valence-electron chi connectivity index (χ4n) is 4.16. The quantitative estimate of drug-likeness (QED) is 0.581. The van der Waals surface area contributed by atoms with Gasteiger partial charge in [0, 0.05) is 22.6 Å². The molecule has 1 aliphatic carbocycles. The number of benzene rings is 2. The van der Waals surface area contributed by atoms with Gasteiger partial charge in [-0.05, 0) is 35.8 Å². The molecule has 0 radical (unpaired) electrons. The van der Waals surface area contributed by atoms with Gasteiger partial charge < -0.3 is 33.9 Å². The van der Waals surface area contributed by atoms with E-state index in [1.807, 2.05) is 0 Å². The highest BCUT2D eigenvalue weighted by Gasteiger charge is 2.36. The van der Waals surface area contributed by atoms with Gasteiger partial charge in [0.2, 0.25) is 11.5 Å². The van der Waals surface area contributed by atoms with Gasteiger partial charge in [0.05, 0.1) is 35.0 Å². The Morgan fingerprint density at radius 3 is 2.27 bits per heavy atom. The average molecular weight is 414 g/mol. The van der Waals surface area contributed by atoms with Crippen molar-refractivity contribution in [2.24, 2.45) is 5.92 Å². The summed E-state index contributed by atoms with van der Waals surface area (Å²) in [5, 5.41) is 20.8. The first-order chi connectivity index (χ1) is 14.4. The van der Waals surface area contributed by atoms with Crippen molar-refractivity contribution < 1.29 is 38.7 Å². The number of aromatic hydroxyl groups is 2. The first-order valence-electron chi connectivity index (χ1n) is 9.28. The summed E-state index contributed by atoms with van der Waals surface area (Å²) < 4.78 is 27.4. The summed E-state index contributed by atoms with van der Waals surface area (Å²) in [4.78, 5) is 12.4. The lowest BCUT2D eigenvalue weighted by atomic mass is 9.82. The Balaban J connectivity index is 2.19. The topological polar surface area (TPSA) is 104 Å². The highest BCUT2D eigenvalue weighted by atomic mass is 16.5. The number of phenols is 2. The Morgan fingerprint density at radius 2 is 1.63 bits per heavy atom. The molecular weight excluding hydrogens is 392 g/mol. The van der Waals surface area contributed by atoms with Crippen LogP contribution in [-0.2, 0) is 16.0 Å². The van der Waals surface area contributed by atoms with Crippen LogP contribution in [0.5, 0.6) is 34.5 Å². The number of methoxy groups -OCH3 is 4. The SMILES string of the molecule is COc1cc2c(c(OC)c1OC)-c1c(cc(O)c(O)c1OC)CC1COC(=O)/C1=C/2. The fourth-order valence-corrected chi connectivity index (χ4v) is 4.16. The minimum absolute atomic E-state index is 0.0962. The van der Waals surface area contributed by atoms with Gasteiger partial charge in [0.25, 0.3) is 0 Å². The Kier molecular flexibility index (Phi) is 4.85. The summed E-state index contributed by atoms with van der Waals surface area (Å²) in [6.07, 6.45) is 2.14. The van der Waals surface area contributed by atoms with Crippen LogP contribution in [0, 0.1) is 5.92 Å². The van der Waals surface area contributed by atoms with E-state index in [0.29, 0.717) is 51.5 Å². The van der Waals surface area contributed by atoms with Gasteiger partial charge in [-0.15, -0.1) is 0 Å². The highest BCUT2D eigenvalue weighted by molar-refractivity contribution is 6.00. The van der Waals surface area contributed by atoms with Crippen LogP contribution >= 0.6 is 0 Å². The van der Waals surface area contributed by atoms with Gasteiger partial charge in [-0.25, -0.2) is 4.79 Å². The van der Waals surface area contributed by atoms with Crippen molar-refractivity contribution in [1.82, 2.24) is 0 Å². The van der Waals surface area contributed by atoms with Crippen LogP contribution in [0.1, 0.15) is 11.1 Å². The number of esters is 1. The summed E-state index contributed by atoms with van der Waals surface area (Å²) in [6, 6.07) is 3.20. The van der Waals surface area contributed by atoms with Crippen molar-refractivity contribution in [2.45, 2.75) is 6.42 Å². The van der Waals surface area contributed by atoms with Gasteiger partial charge in [-0.3, -0.25) is 0 Å². The van der Waals surface area contributed by atoms with Crippen LogP contribution in [-0.4, -0.2) is 51.2 Å². The van der Waals surface area contributed by atoms with Gasteiger partial charge in [-0.1, -0.05) is 0 Å². The third-order valence-electron chi connectivity index (χ3n) is 5.50. The van der Waals surface area contributed by atoms with Crippen LogP contribution in [0.2, 0.25) is 0 Å². The largest absolute Gasteiger partial charge is 0.504 e. The van der Waals surface area contributed by atoms with Gasteiger partial charge >= 0.3 is 5.97 Å². The molecule has 158 valence electrons. The van der Waals surface area contributed by atoms with Crippen LogP contribution in [0.15, 0.2) is 17.7 Å². The molecule has 30 heavy (non-hydrogen) atoms. The van der Waals surface area contributed by atoms with E-state index in [4.69, 9.17) is 23.7 Å². The first-order valence-corrected chi connectivity index (χ1v) is 9.28. The van der Waals surface area contributed by atoms with Crippen molar-refractivity contribution in [3.05, 3.63) is 28.8 Å². The zero-order chi connectivity index (χ0) is 21.6. The molecule has 2 aromatic carbocycles. The number of rotatable bonds is 4. The van der Waals surface area contributed by atoms with Crippen LogP contribution in [0.4, 0.5) is 0 Å². The van der Waals surface area contributed by atoms with E-state index in [1.54, 1.807) is 12.1 Å². The maximum Gasteiger partial charge on any atom is 0.334 e. The molecule has 0 aromatic heterocycles. The number of carbonyl (C=O) groups is 1. The molecule has 2 N–H and O–H groups in total. The summed E-state index contributed by atoms with van der Waals surface area (Å²) in [7, 11) is 5.89. The molecule has 0 spiro atoms. The van der Waals surface area contributed by atoms with E-state index < -0.39 is 5.97 Å². The molecular formula is C22H22O8. The number of phenolic OH excluding ortho intramolecular Hbond substituents is 2. The van der Waals surface area contributed by atoms with Crippen molar-refractivity contribution in [3.63, 3.8) is 0 Å². The Morgan fingerprint density at radius 1 is 0.933 bits per heavy atom. The van der Waals surface area contributed by atoms with E-state index in [1.165, 1.54) is 34.5 Å². The normalized spacial score (nSPS) is 18.6. The lowest BCUT2D eigenvalue weighted by molar-refractivity contribution is -0.135. The molecule has 1 saturated heterocycles. The van der Waals surface area contributed by atoms with Crippen molar-refractivity contribution in [2.75, 3.05) is 35.0 Å². The summed E-state index contributed by atoms with van der Waals surface area (Å²) in [5.74, 6) is -0.0985. The molecule has 1 fully saturated rings. The van der Waals surface area contributed by atoms with E-state index in [2.05, 4.69) is 0 Å². The lowest BCUT2D eigenvalue weighted by Crippen LogP contribution is -2.12. The van der Waals surface area contributed by atoms with Gasteiger partial charge in [-0.2, -0.15) is 0 Å². The summed E-state index contributed by atoms with van der Waals surface area (Å²) in [5.41, 5.74) is 2.87. The highest BCUT2D eigenvalue weighted by Crippen LogP contribution is 2.55. The molecule has 1 atom stereocenters. The maximum atomic E-state index is 12.4. The number of cyclic esters (lactones) is 1. The Labute approximate surface area is 173 Å². The molecule has 8 nitrogen and oxygen atoms in total. The average Bonchev–Trinajstić information content (AvgIpc) is 3.07. The third kappa shape index (κ3) is 2.79. The molecule has 0 bridgehead atoms. The predicted molar refractivity (Wildman–Crippen MR) is 108 cm³/mol. The van der Waals surface area contributed by atoms with E-state index in [9.17, 15) is 15.0 Å². The molecule has 2 aliphatic rings. The molecule has 2 aromatic rings. The Bertz CT molecular complexity index is 1070. The molecule has 8 heteroatoms. The number of hydrogen-bond donors (Lipinski definition) is 2. The summed E-state index contributed by atoms with van der Waals surface area (Å²) in [6.45, 7) is 0.230. The number of carbonyl (C=O) groups excluding carboxylic acids is 1. The second kappa shape index (κ2) is 7.37. The molecule has 1 aliphatic heterocycles. The predicted octanol–water partition coefficient (Wildman–Crippen LogP) is 2.91. The number of hydrogen-bond acceptors (Lipinski definition) is 8. The second-order valence-corrected chi connectivity index (χ2v) is 7.02. The fraction of sp³-hybridized carbons (Fsp3) is 0.318. The zero-order valence-corrected chi connectivity index (χ0v) is 17.1.